The summed E-state index contributed by atoms with van der Waals surface area (Å²) in [5, 5.41) is 8.98. The minimum Gasteiger partial charge on any atom is -0.351 e. The van der Waals surface area contributed by atoms with E-state index in [1.54, 1.807) is 16.9 Å². The van der Waals surface area contributed by atoms with Gasteiger partial charge in [0.15, 0.2) is 0 Å². The van der Waals surface area contributed by atoms with Crippen molar-refractivity contribution >= 4 is 34.8 Å². The Labute approximate surface area is 171 Å². The van der Waals surface area contributed by atoms with Crippen molar-refractivity contribution < 1.29 is 4.79 Å². The molecule has 1 N–H and O–H groups in total. The van der Waals surface area contributed by atoms with Gasteiger partial charge in [-0.15, -0.1) is 0 Å². The zero-order valence-electron chi connectivity index (χ0n) is 14.9. The van der Waals surface area contributed by atoms with Crippen molar-refractivity contribution in [2.75, 3.05) is 5.75 Å². The molecule has 0 saturated heterocycles. The molecule has 0 bridgehead atoms. The van der Waals surface area contributed by atoms with Crippen molar-refractivity contribution in [1.29, 1.82) is 0 Å². The second-order valence-electron chi connectivity index (χ2n) is 6.15. The highest BCUT2D eigenvalue weighted by Gasteiger charge is 2.11. The SMILES string of the molecule is O=C(CSc1nccn2nc(-c3ccc(Cl)cc3)cc12)NCc1ccccc1. The number of aromatic nitrogens is 3. The van der Waals surface area contributed by atoms with E-state index in [-0.39, 0.29) is 5.91 Å². The summed E-state index contributed by atoms with van der Waals surface area (Å²) in [5.41, 5.74) is 3.75. The topological polar surface area (TPSA) is 59.3 Å². The summed E-state index contributed by atoms with van der Waals surface area (Å²) in [6.45, 7) is 0.519. The fourth-order valence-corrected chi connectivity index (χ4v) is 3.68. The Morgan fingerprint density at radius 2 is 1.89 bits per heavy atom. The lowest BCUT2D eigenvalue weighted by Crippen LogP contribution is -2.24. The van der Waals surface area contributed by atoms with Crippen LogP contribution >= 0.6 is 23.4 Å². The van der Waals surface area contributed by atoms with Crippen LogP contribution in [0.4, 0.5) is 0 Å². The Hall–Kier alpha value is -2.83. The van der Waals surface area contributed by atoms with E-state index in [2.05, 4.69) is 15.4 Å². The van der Waals surface area contributed by atoms with Crippen LogP contribution in [0, 0.1) is 0 Å². The molecule has 0 aliphatic carbocycles. The first-order valence-electron chi connectivity index (χ1n) is 8.73. The summed E-state index contributed by atoms with van der Waals surface area (Å²) in [7, 11) is 0. The molecule has 4 aromatic rings. The fraction of sp³-hybridized carbons (Fsp3) is 0.0952. The minimum absolute atomic E-state index is 0.0323. The van der Waals surface area contributed by atoms with Crippen molar-refractivity contribution in [3.05, 3.63) is 83.6 Å². The molecule has 0 saturated carbocycles. The number of hydrogen-bond donors (Lipinski definition) is 1. The Balaban J connectivity index is 1.45. The van der Waals surface area contributed by atoms with Gasteiger partial charge in [0.1, 0.15) is 5.03 Å². The van der Waals surface area contributed by atoms with Crippen molar-refractivity contribution in [2.24, 2.45) is 0 Å². The van der Waals surface area contributed by atoms with E-state index in [0.29, 0.717) is 17.3 Å². The van der Waals surface area contributed by atoms with Gasteiger partial charge in [0, 0.05) is 29.5 Å². The van der Waals surface area contributed by atoms with E-state index in [4.69, 9.17) is 11.6 Å². The van der Waals surface area contributed by atoms with Crippen molar-refractivity contribution in [3.63, 3.8) is 0 Å². The quantitative estimate of drug-likeness (QED) is 0.478. The summed E-state index contributed by atoms with van der Waals surface area (Å²) in [4.78, 5) is 16.6. The first kappa shape index (κ1) is 18.5. The number of nitrogens with zero attached hydrogens (tertiary/aromatic N) is 3. The molecule has 2 aromatic carbocycles. The molecule has 2 heterocycles. The lowest BCUT2D eigenvalue weighted by atomic mass is 10.1. The molecule has 5 nitrogen and oxygen atoms in total. The molecule has 0 fully saturated rings. The summed E-state index contributed by atoms with van der Waals surface area (Å²) in [6, 6.07) is 19.4. The molecule has 0 unspecified atom stereocenters. The molecule has 7 heteroatoms. The highest BCUT2D eigenvalue weighted by atomic mass is 35.5. The van der Waals surface area contributed by atoms with E-state index in [1.165, 1.54) is 11.8 Å². The van der Waals surface area contributed by atoms with Gasteiger partial charge in [-0.2, -0.15) is 5.10 Å². The number of benzene rings is 2. The summed E-state index contributed by atoms with van der Waals surface area (Å²) >= 11 is 7.36. The van der Waals surface area contributed by atoms with Gasteiger partial charge in [0.05, 0.1) is 17.0 Å². The molecular formula is C21H17ClN4OS. The third-order valence-electron chi connectivity index (χ3n) is 4.17. The average molecular weight is 409 g/mol. The van der Waals surface area contributed by atoms with E-state index in [1.807, 2.05) is 60.7 Å². The van der Waals surface area contributed by atoms with Crippen LogP contribution in [0.15, 0.2) is 78.1 Å². The van der Waals surface area contributed by atoms with E-state index >= 15 is 0 Å². The zero-order valence-corrected chi connectivity index (χ0v) is 16.5. The van der Waals surface area contributed by atoms with Crippen LogP contribution in [0.25, 0.3) is 16.8 Å². The predicted molar refractivity (Wildman–Crippen MR) is 112 cm³/mol. The lowest BCUT2D eigenvalue weighted by Gasteiger charge is -2.05. The molecule has 2 aromatic heterocycles. The molecule has 1 amide bonds. The van der Waals surface area contributed by atoms with Crippen molar-refractivity contribution in [2.45, 2.75) is 11.6 Å². The van der Waals surface area contributed by atoms with Gasteiger partial charge in [0.2, 0.25) is 5.91 Å². The Morgan fingerprint density at radius 3 is 2.68 bits per heavy atom. The van der Waals surface area contributed by atoms with Crippen LogP contribution < -0.4 is 5.32 Å². The third-order valence-corrected chi connectivity index (χ3v) is 5.41. The van der Waals surface area contributed by atoms with Crippen LogP contribution in [0.1, 0.15) is 5.56 Å². The second kappa shape index (κ2) is 8.46. The maximum Gasteiger partial charge on any atom is 0.230 e. The molecule has 0 spiro atoms. The van der Waals surface area contributed by atoms with Crippen LogP contribution in [-0.4, -0.2) is 26.3 Å². The maximum absolute atomic E-state index is 12.2. The molecule has 140 valence electrons. The van der Waals surface area contributed by atoms with Gasteiger partial charge < -0.3 is 5.32 Å². The van der Waals surface area contributed by atoms with E-state index < -0.39 is 0 Å². The van der Waals surface area contributed by atoms with Crippen LogP contribution in [0.5, 0.6) is 0 Å². The normalized spacial score (nSPS) is 10.9. The van der Waals surface area contributed by atoms with E-state index in [9.17, 15) is 4.79 Å². The maximum atomic E-state index is 12.2. The first-order valence-corrected chi connectivity index (χ1v) is 10.1. The molecule has 4 rings (SSSR count). The summed E-state index contributed by atoms with van der Waals surface area (Å²) in [5.74, 6) is 0.260. The van der Waals surface area contributed by atoms with Gasteiger partial charge >= 0.3 is 0 Å². The highest BCUT2D eigenvalue weighted by molar-refractivity contribution is 8.00. The number of fused-ring (bicyclic) bond motifs is 1. The standard InChI is InChI=1S/C21H17ClN4OS/c22-17-8-6-16(7-9-17)18-12-19-21(23-10-11-26(19)25-18)28-14-20(27)24-13-15-4-2-1-3-5-15/h1-12H,13-14H2,(H,24,27). The van der Waals surface area contributed by atoms with Crippen molar-refractivity contribution in [3.8, 4) is 11.3 Å². The summed E-state index contributed by atoms with van der Waals surface area (Å²) < 4.78 is 1.78. The molecule has 0 aliphatic heterocycles. The van der Waals surface area contributed by atoms with Crippen LogP contribution in [0.2, 0.25) is 5.02 Å². The number of halogens is 1. The van der Waals surface area contributed by atoms with Gasteiger partial charge in [-0.05, 0) is 23.8 Å². The Morgan fingerprint density at radius 1 is 1.11 bits per heavy atom. The van der Waals surface area contributed by atoms with Crippen LogP contribution in [0.3, 0.4) is 0 Å². The van der Waals surface area contributed by atoms with Gasteiger partial charge in [-0.25, -0.2) is 9.50 Å². The first-order chi connectivity index (χ1) is 13.7. The third kappa shape index (κ3) is 4.35. The molecule has 0 radical (unpaired) electrons. The second-order valence-corrected chi connectivity index (χ2v) is 7.55. The molecular weight excluding hydrogens is 392 g/mol. The zero-order chi connectivity index (χ0) is 19.3. The summed E-state index contributed by atoms with van der Waals surface area (Å²) in [6.07, 6.45) is 3.49. The highest BCUT2D eigenvalue weighted by Crippen LogP contribution is 2.26. The number of hydrogen-bond acceptors (Lipinski definition) is 4. The Bertz CT molecular complexity index is 1100. The fourth-order valence-electron chi connectivity index (χ4n) is 2.75. The van der Waals surface area contributed by atoms with Gasteiger partial charge in [0.25, 0.3) is 0 Å². The number of nitrogens with one attached hydrogen (secondary N) is 1. The van der Waals surface area contributed by atoms with Gasteiger partial charge in [-0.3, -0.25) is 4.79 Å². The number of carbonyl (C=O) groups is 1. The monoisotopic (exact) mass is 408 g/mol. The van der Waals surface area contributed by atoms with Gasteiger partial charge in [-0.1, -0.05) is 65.8 Å². The number of amides is 1. The number of rotatable bonds is 6. The molecule has 28 heavy (non-hydrogen) atoms. The number of carbonyl (C=O) groups excluding carboxylic acids is 1. The van der Waals surface area contributed by atoms with Crippen LogP contribution in [-0.2, 0) is 11.3 Å². The van der Waals surface area contributed by atoms with E-state index in [0.717, 1.165) is 27.4 Å². The number of thioether (sulfide) groups is 1. The minimum atomic E-state index is -0.0323. The molecule has 0 atom stereocenters. The predicted octanol–water partition coefficient (Wildman–Crippen LogP) is 4.46. The largest absolute Gasteiger partial charge is 0.351 e. The average Bonchev–Trinajstić information content (AvgIpc) is 3.17. The smallest absolute Gasteiger partial charge is 0.230 e. The lowest BCUT2D eigenvalue weighted by molar-refractivity contribution is -0.118. The molecule has 0 aliphatic rings. The van der Waals surface area contributed by atoms with Crippen molar-refractivity contribution in [1.82, 2.24) is 19.9 Å². The Kier molecular flexibility index (Phi) is 5.60.